The Balaban J connectivity index is 2.19. The van der Waals surface area contributed by atoms with Gasteiger partial charge in [-0.1, -0.05) is 18.2 Å². The van der Waals surface area contributed by atoms with E-state index in [4.69, 9.17) is 4.74 Å². The van der Waals surface area contributed by atoms with Gasteiger partial charge in [0, 0.05) is 26.6 Å². The standard InChI is InChI=1S/C15H23N3O3/c1-12-6-4-5-7-13(12)21-11-10-18(3)9-8-14(19)17-15(20)16-2/h4-7H,8-11H2,1-3H3,(H2,16,17,19,20). The number of nitrogens with one attached hydrogen (secondary N) is 2. The highest BCUT2D eigenvalue weighted by Crippen LogP contribution is 2.15. The molecule has 2 N–H and O–H groups in total. The molecule has 0 saturated carbocycles. The lowest BCUT2D eigenvalue weighted by Crippen LogP contribution is -2.39. The van der Waals surface area contributed by atoms with Crippen LogP contribution in [0.15, 0.2) is 24.3 Å². The molecule has 0 aliphatic rings. The van der Waals surface area contributed by atoms with Crippen LogP contribution in [-0.2, 0) is 4.79 Å². The second-order valence-corrected chi connectivity index (χ2v) is 4.79. The maximum Gasteiger partial charge on any atom is 0.321 e. The maximum absolute atomic E-state index is 11.4. The van der Waals surface area contributed by atoms with Gasteiger partial charge in [0.1, 0.15) is 12.4 Å². The van der Waals surface area contributed by atoms with Crippen molar-refractivity contribution < 1.29 is 14.3 Å². The van der Waals surface area contributed by atoms with Gasteiger partial charge in [-0.2, -0.15) is 0 Å². The third kappa shape index (κ3) is 6.76. The van der Waals surface area contributed by atoms with Crippen LogP contribution < -0.4 is 15.4 Å². The number of amides is 3. The molecule has 3 amide bonds. The molecule has 116 valence electrons. The zero-order valence-electron chi connectivity index (χ0n) is 12.8. The monoisotopic (exact) mass is 293 g/mol. The summed E-state index contributed by atoms with van der Waals surface area (Å²) in [5, 5.41) is 4.56. The van der Waals surface area contributed by atoms with Crippen molar-refractivity contribution in [3.05, 3.63) is 29.8 Å². The van der Waals surface area contributed by atoms with Gasteiger partial charge in [-0.05, 0) is 25.6 Å². The molecule has 0 aromatic heterocycles. The van der Waals surface area contributed by atoms with Crippen LogP contribution in [0.3, 0.4) is 0 Å². The number of imide groups is 1. The van der Waals surface area contributed by atoms with Crippen LogP contribution in [0.2, 0.25) is 0 Å². The van der Waals surface area contributed by atoms with Crippen molar-refractivity contribution in [3.8, 4) is 5.75 Å². The topological polar surface area (TPSA) is 70.7 Å². The molecule has 0 heterocycles. The lowest BCUT2D eigenvalue weighted by Gasteiger charge is -2.17. The van der Waals surface area contributed by atoms with Crippen molar-refractivity contribution >= 4 is 11.9 Å². The summed E-state index contributed by atoms with van der Waals surface area (Å²) in [5.41, 5.74) is 1.10. The molecule has 0 aliphatic carbocycles. The zero-order chi connectivity index (χ0) is 15.7. The molecule has 1 aromatic carbocycles. The SMILES string of the molecule is CNC(=O)NC(=O)CCN(C)CCOc1ccccc1C. The van der Waals surface area contributed by atoms with Gasteiger partial charge in [-0.15, -0.1) is 0 Å². The fourth-order valence-electron chi connectivity index (χ4n) is 1.69. The van der Waals surface area contributed by atoms with Crippen LogP contribution in [0.25, 0.3) is 0 Å². The van der Waals surface area contributed by atoms with Gasteiger partial charge in [0.05, 0.1) is 0 Å². The van der Waals surface area contributed by atoms with E-state index >= 15 is 0 Å². The van der Waals surface area contributed by atoms with Crippen LogP contribution in [0.1, 0.15) is 12.0 Å². The molecule has 0 radical (unpaired) electrons. The van der Waals surface area contributed by atoms with Gasteiger partial charge in [0.2, 0.25) is 5.91 Å². The Kier molecular flexibility index (Phi) is 7.25. The van der Waals surface area contributed by atoms with E-state index in [1.807, 2.05) is 43.1 Å². The maximum atomic E-state index is 11.4. The number of hydrogen-bond donors (Lipinski definition) is 2. The smallest absolute Gasteiger partial charge is 0.321 e. The van der Waals surface area contributed by atoms with E-state index in [-0.39, 0.29) is 12.3 Å². The predicted octanol–water partition coefficient (Wildman–Crippen LogP) is 1.15. The van der Waals surface area contributed by atoms with Gasteiger partial charge in [-0.25, -0.2) is 4.79 Å². The third-order valence-electron chi connectivity index (χ3n) is 3.02. The van der Waals surface area contributed by atoms with Crippen molar-refractivity contribution in [3.63, 3.8) is 0 Å². The number of carbonyl (C=O) groups excluding carboxylic acids is 2. The summed E-state index contributed by atoms with van der Waals surface area (Å²) in [6.07, 6.45) is 0.272. The number of urea groups is 1. The van der Waals surface area contributed by atoms with Crippen molar-refractivity contribution in [1.29, 1.82) is 0 Å². The Morgan fingerprint density at radius 2 is 1.95 bits per heavy atom. The fourth-order valence-corrected chi connectivity index (χ4v) is 1.69. The molecule has 21 heavy (non-hydrogen) atoms. The molecule has 6 heteroatoms. The van der Waals surface area contributed by atoms with E-state index in [1.165, 1.54) is 7.05 Å². The number of para-hydroxylation sites is 1. The van der Waals surface area contributed by atoms with Gasteiger partial charge in [0.15, 0.2) is 0 Å². The number of likely N-dealkylation sites (N-methyl/N-ethyl adjacent to an activating group) is 1. The van der Waals surface area contributed by atoms with Crippen LogP contribution >= 0.6 is 0 Å². The number of aryl methyl sites for hydroxylation is 1. The first-order chi connectivity index (χ1) is 10.0. The number of nitrogens with zero attached hydrogens (tertiary/aromatic N) is 1. The molecule has 6 nitrogen and oxygen atoms in total. The normalized spacial score (nSPS) is 10.3. The van der Waals surface area contributed by atoms with Crippen molar-refractivity contribution in [1.82, 2.24) is 15.5 Å². The summed E-state index contributed by atoms with van der Waals surface area (Å²) < 4.78 is 5.69. The number of hydrogen-bond acceptors (Lipinski definition) is 4. The van der Waals surface area contributed by atoms with Gasteiger partial charge in [-0.3, -0.25) is 10.1 Å². The first-order valence-corrected chi connectivity index (χ1v) is 6.91. The van der Waals surface area contributed by atoms with Gasteiger partial charge >= 0.3 is 6.03 Å². The first-order valence-electron chi connectivity index (χ1n) is 6.91. The average Bonchev–Trinajstić information content (AvgIpc) is 2.47. The third-order valence-corrected chi connectivity index (χ3v) is 3.02. The molecule has 0 atom stereocenters. The Morgan fingerprint density at radius 1 is 1.24 bits per heavy atom. The Hall–Kier alpha value is -2.08. The Labute approximate surface area is 125 Å². The largest absolute Gasteiger partial charge is 0.492 e. The Bertz CT molecular complexity index is 477. The molecular weight excluding hydrogens is 270 g/mol. The van der Waals surface area contributed by atoms with Crippen molar-refractivity contribution in [2.24, 2.45) is 0 Å². The average molecular weight is 293 g/mol. The highest BCUT2D eigenvalue weighted by Gasteiger charge is 2.07. The number of rotatable bonds is 7. The minimum Gasteiger partial charge on any atom is -0.492 e. The van der Waals surface area contributed by atoms with E-state index in [2.05, 4.69) is 10.6 Å². The van der Waals surface area contributed by atoms with E-state index in [0.29, 0.717) is 19.7 Å². The van der Waals surface area contributed by atoms with Crippen LogP contribution in [0.5, 0.6) is 5.75 Å². The minimum atomic E-state index is -0.481. The van der Waals surface area contributed by atoms with Crippen LogP contribution in [-0.4, -0.2) is 50.6 Å². The predicted molar refractivity (Wildman–Crippen MR) is 81.4 cm³/mol. The van der Waals surface area contributed by atoms with Crippen molar-refractivity contribution in [2.45, 2.75) is 13.3 Å². The second kappa shape index (κ2) is 8.97. The van der Waals surface area contributed by atoms with Crippen molar-refractivity contribution in [2.75, 3.05) is 33.8 Å². The number of benzene rings is 1. The van der Waals surface area contributed by atoms with Crippen LogP contribution in [0.4, 0.5) is 4.79 Å². The lowest BCUT2D eigenvalue weighted by molar-refractivity contribution is -0.120. The molecule has 1 aromatic rings. The Morgan fingerprint density at radius 3 is 2.62 bits per heavy atom. The molecule has 0 spiro atoms. The highest BCUT2D eigenvalue weighted by atomic mass is 16.5. The quantitative estimate of drug-likeness (QED) is 0.791. The molecule has 0 bridgehead atoms. The van der Waals surface area contributed by atoms with Gasteiger partial charge < -0.3 is 15.0 Å². The molecule has 0 aliphatic heterocycles. The number of carbonyl (C=O) groups is 2. The first kappa shape index (κ1) is 17.0. The van der Waals surface area contributed by atoms with Crippen LogP contribution in [0, 0.1) is 6.92 Å². The summed E-state index contributed by atoms with van der Waals surface area (Å²) in [6, 6.07) is 7.37. The summed E-state index contributed by atoms with van der Waals surface area (Å²) in [6.45, 7) is 3.84. The summed E-state index contributed by atoms with van der Waals surface area (Å²) in [4.78, 5) is 24.4. The van der Waals surface area contributed by atoms with E-state index in [0.717, 1.165) is 11.3 Å². The molecule has 1 rings (SSSR count). The lowest BCUT2D eigenvalue weighted by atomic mass is 10.2. The molecule has 0 unspecified atom stereocenters. The zero-order valence-corrected chi connectivity index (χ0v) is 12.8. The summed E-state index contributed by atoms with van der Waals surface area (Å²) in [7, 11) is 3.38. The minimum absolute atomic E-state index is 0.272. The van der Waals surface area contributed by atoms with E-state index in [9.17, 15) is 9.59 Å². The van der Waals surface area contributed by atoms with E-state index in [1.54, 1.807) is 0 Å². The molecule has 0 fully saturated rings. The molecular formula is C15H23N3O3. The molecule has 0 saturated heterocycles. The highest BCUT2D eigenvalue weighted by molar-refractivity contribution is 5.94. The van der Waals surface area contributed by atoms with Gasteiger partial charge in [0.25, 0.3) is 0 Å². The number of ether oxygens (including phenoxy) is 1. The van der Waals surface area contributed by atoms with E-state index < -0.39 is 6.03 Å². The summed E-state index contributed by atoms with van der Waals surface area (Å²) >= 11 is 0. The fraction of sp³-hybridized carbons (Fsp3) is 0.467. The second-order valence-electron chi connectivity index (χ2n) is 4.79. The summed E-state index contributed by atoms with van der Waals surface area (Å²) in [5.74, 6) is 0.587.